The highest BCUT2D eigenvalue weighted by atomic mass is 32.2. The second-order valence-electron chi connectivity index (χ2n) is 6.83. The van der Waals surface area contributed by atoms with Crippen LogP contribution in [0.25, 0.3) is 0 Å². The molecule has 0 aromatic rings. The fraction of sp³-hybridized carbons (Fsp3) is 1.00. The Morgan fingerprint density at radius 2 is 1.42 bits per heavy atom. The molecule has 26 heavy (non-hydrogen) atoms. The average Bonchev–Trinajstić information content (AvgIpc) is 2.62. The predicted octanol–water partition coefficient (Wildman–Crippen LogP) is -3.66. The molecule has 0 spiro atoms. The fourth-order valence-electron chi connectivity index (χ4n) is 3.21. The molecule has 2 saturated heterocycles. The lowest BCUT2D eigenvalue weighted by Crippen LogP contribution is -3.15. The smallest absolute Gasteiger partial charge is 0.101 e. The number of nitrogens with one attached hydrogen (secondary N) is 1. The minimum Gasteiger partial charge on any atom is -0.748 e. The predicted molar refractivity (Wildman–Crippen MR) is 99.3 cm³/mol. The van der Waals surface area contributed by atoms with Crippen LogP contribution in [0.2, 0.25) is 0 Å². The average molecular weight is 397 g/mol. The van der Waals surface area contributed by atoms with Gasteiger partial charge in [0.05, 0.1) is 42.2 Å². The number of nitrogens with zero attached hydrogens (tertiary/aromatic N) is 3. The third kappa shape index (κ3) is 10.7. The molecule has 10 heteroatoms. The third-order valence-corrected chi connectivity index (χ3v) is 5.70. The summed E-state index contributed by atoms with van der Waals surface area (Å²) in [5, 5.41) is 17.4. The molecule has 2 rings (SSSR count). The van der Waals surface area contributed by atoms with Gasteiger partial charge in [0.1, 0.15) is 6.54 Å². The zero-order chi connectivity index (χ0) is 19.4. The van der Waals surface area contributed by atoms with E-state index >= 15 is 0 Å². The maximum Gasteiger partial charge on any atom is 0.101 e. The van der Waals surface area contributed by atoms with Gasteiger partial charge in [-0.05, 0) is 6.54 Å². The van der Waals surface area contributed by atoms with Crippen molar-refractivity contribution in [1.82, 2.24) is 14.7 Å². The van der Waals surface area contributed by atoms with Crippen molar-refractivity contribution in [3.63, 3.8) is 0 Å². The van der Waals surface area contributed by atoms with Crippen LogP contribution in [0.4, 0.5) is 0 Å². The SMILES string of the molecule is CCN1CCN(CCO)CC1.O=S(=O)([O-])CCN1CC[NH+](CCO)CC1. The Balaban J connectivity index is 0.000000273. The lowest BCUT2D eigenvalue weighted by molar-refractivity contribution is -0.904. The van der Waals surface area contributed by atoms with Crippen LogP contribution in [0.15, 0.2) is 0 Å². The molecule has 0 aromatic heterocycles. The number of hydrogen-bond donors (Lipinski definition) is 3. The molecule has 0 radical (unpaired) electrons. The normalized spacial score (nSPS) is 21.4. The van der Waals surface area contributed by atoms with E-state index in [1.165, 1.54) is 4.90 Å². The lowest BCUT2D eigenvalue weighted by Gasteiger charge is -2.33. The van der Waals surface area contributed by atoms with Crippen molar-refractivity contribution in [1.29, 1.82) is 0 Å². The van der Waals surface area contributed by atoms with Crippen LogP contribution in [-0.4, -0.2) is 135 Å². The zero-order valence-corrected chi connectivity index (χ0v) is 16.8. The molecule has 2 aliphatic heterocycles. The lowest BCUT2D eigenvalue weighted by atomic mass is 10.3. The molecule has 0 amide bonds. The molecule has 0 atom stereocenters. The monoisotopic (exact) mass is 396 g/mol. The summed E-state index contributed by atoms with van der Waals surface area (Å²) < 4.78 is 31.3. The summed E-state index contributed by atoms with van der Waals surface area (Å²) in [5.41, 5.74) is 0. The minimum absolute atomic E-state index is 0.185. The molecule has 2 heterocycles. The van der Waals surface area contributed by atoms with Gasteiger partial charge in [-0.3, -0.25) is 9.80 Å². The van der Waals surface area contributed by atoms with Crippen LogP contribution < -0.4 is 4.90 Å². The minimum atomic E-state index is -4.09. The molecule has 0 bridgehead atoms. The van der Waals surface area contributed by atoms with Gasteiger partial charge in [0.25, 0.3) is 0 Å². The summed E-state index contributed by atoms with van der Waals surface area (Å²) in [6, 6.07) is 0. The van der Waals surface area contributed by atoms with E-state index in [0.717, 1.165) is 72.0 Å². The van der Waals surface area contributed by atoms with Crippen LogP contribution in [-0.2, 0) is 10.1 Å². The van der Waals surface area contributed by atoms with Crippen molar-refractivity contribution in [2.45, 2.75) is 6.92 Å². The summed E-state index contributed by atoms with van der Waals surface area (Å²) in [4.78, 5) is 8.06. The molecule has 0 unspecified atom stereocenters. The van der Waals surface area contributed by atoms with Crippen molar-refractivity contribution < 1.29 is 28.1 Å². The quantitative estimate of drug-likeness (QED) is 0.360. The van der Waals surface area contributed by atoms with E-state index < -0.39 is 10.1 Å². The van der Waals surface area contributed by atoms with Gasteiger partial charge in [0.15, 0.2) is 0 Å². The van der Waals surface area contributed by atoms with E-state index in [1.54, 1.807) is 0 Å². The number of aliphatic hydroxyl groups excluding tert-OH is 2. The van der Waals surface area contributed by atoms with E-state index in [2.05, 4.69) is 16.7 Å². The van der Waals surface area contributed by atoms with Gasteiger partial charge < -0.3 is 24.6 Å². The number of rotatable bonds is 8. The van der Waals surface area contributed by atoms with Gasteiger partial charge in [-0.2, -0.15) is 0 Å². The second kappa shape index (κ2) is 12.9. The fourth-order valence-corrected chi connectivity index (χ4v) is 3.69. The first kappa shape index (κ1) is 23.7. The van der Waals surface area contributed by atoms with Gasteiger partial charge in [-0.15, -0.1) is 0 Å². The number of likely N-dealkylation sites (N-methyl/N-ethyl adjacent to an activating group) is 1. The van der Waals surface area contributed by atoms with Crippen LogP contribution in [0.3, 0.4) is 0 Å². The topological polar surface area (TPSA) is 112 Å². The number of piperazine rings is 2. The number of hydrogen-bond acceptors (Lipinski definition) is 8. The Morgan fingerprint density at radius 1 is 0.885 bits per heavy atom. The zero-order valence-electron chi connectivity index (χ0n) is 16.0. The molecule has 0 aliphatic carbocycles. The van der Waals surface area contributed by atoms with Gasteiger partial charge in [-0.25, -0.2) is 8.42 Å². The molecular formula is C16H36N4O5S. The van der Waals surface area contributed by atoms with Gasteiger partial charge in [-0.1, -0.05) is 6.92 Å². The van der Waals surface area contributed by atoms with Crippen LogP contribution in [0.5, 0.6) is 0 Å². The Labute approximate surface area is 157 Å². The summed E-state index contributed by atoms with van der Waals surface area (Å²) >= 11 is 0. The van der Waals surface area contributed by atoms with E-state index in [9.17, 15) is 13.0 Å². The molecule has 156 valence electrons. The van der Waals surface area contributed by atoms with E-state index in [0.29, 0.717) is 13.2 Å². The summed E-state index contributed by atoms with van der Waals surface area (Å²) in [6.07, 6.45) is 0. The second-order valence-corrected chi connectivity index (χ2v) is 8.35. The molecule has 9 nitrogen and oxygen atoms in total. The first-order chi connectivity index (χ1) is 12.4. The highest BCUT2D eigenvalue weighted by molar-refractivity contribution is 7.85. The van der Waals surface area contributed by atoms with Gasteiger partial charge >= 0.3 is 0 Å². The standard InChI is InChI=1S/C8H18N2O4S.C8H18N2O/c11-7-5-9-1-3-10(4-2-9)6-8-15(12,13)14;1-2-9-3-5-10(6-4-9)7-8-11/h11H,1-8H2,(H,12,13,14);11H,2-8H2,1H3. The molecule has 2 aliphatic rings. The highest BCUT2D eigenvalue weighted by Gasteiger charge is 2.19. The van der Waals surface area contributed by atoms with Crippen LogP contribution in [0.1, 0.15) is 6.92 Å². The van der Waals surface area contributed by atoms with Gasteiger partial charge in [0, 0.05) is 52.4 Å². The Morgan fingerprint density at radius 3 is 1.88 bits per heavy atom. The summed E-state index contributed by atoms with van der Waals surface area (Å²) in [5.74, 6) is -0.303. The number of aliphatic hydroxyl groups is 2. The first-order valence-electron chi connectivity index (χ1n) is 9.53. The molecule has 0 aromatic carbocycles. The van der Waals surface area contributed by atoms with Crippen LogP contribution >= 0.6 is 0 Å². The first-order valence-corrected chi connectivity index (χ1v) is 11.1. The Bertz CT molecular complexity index is 450. The van der Waals surface area contributed by atoms with Crippen molar-refractivity contribution in [2.75, 3.05) is 97.5 Å². The maximum absolute atomic E-state index is 10.4. The maximum atomic E-state index is 10.4. The summed E-state index contributed by atoms with van der Waals surface area (Å²) in [7, 11) is -4.09. The Hall–Kier alpha value is -0.330. The van der Waals surface area contributed by atoms with E-state index in [4.69, 9.17) is 10.2 Å². The Kier molecular flexibility index (Phi) is 11.8. The molecular weight excluding hydrogens is 360 g/mol. The third-order valence-electron chi connectivity index (χ3n) is 5.01. The number of β-amino-alcohol motifs (C(OH)–C–C–N with tert-alkyl or cyclic N) is 1. The van der Waals surface area contributed by atoms with Crippen molar-refractivity contribution in [3.8, 4) is 0 Å². The summed E-state index contributed by atoms with van der Waals surface area (Å²) in [6.45, 7) is 13.7. The largest absolute Gasteiger partial charge is 0.748 e. The van der Waals surface area contributed by atoms with E-state index in [1.807, 2.05) is 4.90 Å². The molecule has 0 saturated carbocycles. The van der Waals surface area contributed by atoms with Crippen molar-refractivity contribution >= 4 is 10.1 Å². The van der Waals surface area contributed by atoms with Crippen LogP contribution in [0, 0.1) is 0 Å². The van der Waals surface area contributed by atoms with Crippen molar-refractivity contribution in [3.05, 3.63) is 0 Å². The number of quaternary nitrogens is 1. The molecule has 3 N–H and O–H groups in total. The highest BCUT2D eigenvalue weighted by Crippen LogP contribution is 1.99. The molecule has 2 fully saturated rings. The van der Waals surface area contributed by atoms with Crippen molar-refractivity contribution in [2.24, 2.45) is 0 Å². The van der Waals surface area contributed by atoms with E-state index in [-0.39, 0.29) is 12.4 Å². The van der Waals surface area contributed by atoms with Gasteiger partial charge in [0.2, 0.25) is 0 Å².